The summed E-state index contributed by atoms with van der Waals surface area (Å²) in [6.45, 7) is 1.99. The minimum Gasteiger partial charge on any atom is -0.345 e. The Labute approximate surface area is 183 Å². The highest BCUT2D eigenvalue weighted by Crippen LogP contribution is 2.06. The molecule has 0 spiro atoms. The molecule has 1 N–H and O–H groups in total. The Morgan fingerprint density at radius 1 is 1.00 bits per heavy atom. The van der Waals surface area contributed by atoms with Crippen LogP contribution >= 0.6 is 0 Å². The van der Waals surface area contributed by atoms with Crippen LogP contribution < -0.4 is 16.6 Å². The zero-order valence-corrected chi connectivity index (χ0v) is 17.3. The van der Waals surface area contributed by atoms with E-state index in [1.165, 1.54) is 0 Å². The number of aromatic nitrogens is 5. The maximum absolute atomic E-state index is 13.1. The van der Waals surface area contributed by atoms with E-state index < -0.39 is 17.2 Å². The molecule has 1 amide bonds. The van der Waals surface area contributed by atoms with Gasteiger partial charge in [0.15, 0.2) is 0 Å². The van der Waals surface area contributed by atoms with Crippen LogP contribution in [0.4, 0.5) is 0 Å². The van der Waals surface area contributed by atoms with Crippen LogP contribution in [0.25, 0.3) is 5.69 Å². The van der Waals surface area contributed by atoms with Crippen molar-refractivity contribution in [3.63, 3.8) is 0 Å². The summed E-state index contributed by atoms with van der Waals surface area (Å²) in [4.78, 5) is 47.2. The third-order valence-corrected chi connectivity index (χ3v) is 4.77. The number of carbonyl (C=O) groups excluding carboxylic acids is 1. The van der Waals surface area contributed by atoms with Gasteiger partial charge in [-0.1, -0.05) is 29.8 Å². The first-order valence-corrected chi connectivity index (χ1v) is 9.91. The van der Waals surface area contributed by atoms with Gasteiger partial charge in [0.2, 0.25) is 5.69 Å². The monoisotopic (exact) mass is 428 g/mol. The summed E-state index contributed by atoms with van der Waals surface area (Å²) in [5, 5.41) is 6.76. The van der Waals surface area contributed by atoms with E-state index in [4.69, 9.17) is 0 Å². The molecule has 9 nitrogen and oxygen atoms in total. The molecule has 4 rings (SSSR count). The van der Waals surface area contributed by atoms with E-state index in [9.17, 15) is 14.4 Å². The highest BCUT2D eigenvalue weighted by Gasteiger charge is 2.20. The molecule has 9 heteroatoms. The lowest BCUT2D eigenvalue weighted by molar-refractivity contribution is 0.0940. The van der Waals surface area contributed by atoms with Crippen LogP contribution in [0.15, 0.2) is 82.8 Å². The summed E-state index contributed by atoms with van der Waals surface area (Å²) in [5.41, 5.74) is 0.907. The molecule has 1 aromatic carbocycles. The number of nitrogens with one attached hydrogen (secondary N) is 1. The standard InChI is InChI=1S/C23H20N6O3/c1-16-7-9-19(10-8-16)29-23(32)28(15-17-5-4-11-24-13-17)22(31)20(27-29)21(30)26-14-18-6-2-3-12-25-18/h2-13H,14-15H2,1H3,(H,26,30). The topological polar surface area (TPSA) is 112 Å². The molecule has 4 aromatic rings. The second-order valence-electron chi connectivity index (χ2n) is 7.13. The lowest BCUT2D eigenvalue weighted by Crippen LogP contribution is -2.46. The summed E-state index contributed by atoms with van der Waals surface area (Å²) in [6, 6.07) is 15.8. The Hall–Kier alpha value is -4.40. The first-order valence-electron chi connectivity index (χ1n) is 9.91. The number of carbonyl (C=O) groups is 1. The van der Waals surface area contributed by atoms with Gasteiger partial charge >= 0.3 is 5.69 Å². The van der Waals surface area contributed by atoms with Crippen LogP contribution in [0.2, 0.25) is 0 Å². The van der Waals surface area contributed by atoms with Crippen LogP contribution in [0.1, 0.15) is 27.3 Å². The molecule has 160 valence electrons. The number of nitrogens with zero attached hydrogens (tertiary/aromatic N) is 5. The smallest absolute Gasteiger partial charge is 0.345 e. The van der Waals surface area contributed by atoms with Crippen molar-refractivity contribution in [1.29, 1.82) is 0 Å². The molecule has 0 aliphatic rings. The molecule has 0 saturated heterocycles. The zero-order valence-electron chi connectivity index (χ0n) is 17.3. The zero-order chi connectivity index (χ0) is 22.5. The van der Waals surface area contributed by atoms with Crippen molar-refractivity contribution in [2.75, 3.05) is 0 Å². The van der Waals surface area contributed by atoms with Crippen molar-refractivity contribution in [1.82, 2.24) is 29.6 Å². The number of benzene rings is 1. The van der Waals surface area contributed by atoms with E-state index in [2.05, 4.69) is 20.4 Å². The lowest BCUT2D eigenvalue weighted by atomic mass is 10.2. The first-order chi connectivity index (χ1) is 15.5. The summed E-state index contributed by atoms with van der Waals surface area (Å²) >= 11 is 0. The van der Waals surface area contributed by atoms with Gasteiger partial charge in [0.25, 0.3) is 11.5 Å². The number of rotatable bonds is 6. The van der Waals surface area contributed by atoms with Crippen molar-refractivity contribution < 1.29 is 4.79 Å². The summed E-state index contributed by atoms with van der Waals surface area (Å²) in [6.07, 6.45) is 4.77. The molecule has 3 heterocycles. The Bertz CT molecular complexity index is 1350. The largest absolute Gasteiger partial charge is 0.352 e. The van der Waals surface area contributed by atoms with E-state index in [-0.39, 0.29) is 18.8 Å². The first kappa shape index (κ1) is 20.9. The third-order valence-electron chi connectivity index (χ3n) is 4.77. The van der Waals surface area contributed by atoms with E-state index in [0.29, 0.717) is 16.9 Å². The fourth-order valence-corrected chi connectivity index (χ4v) is 3.08. The predicted octanol–water partition coefficient (Wildman–Crippen LogP) is 1.47. The molecule has 0 aliphatic heterocycles. The lowest BCUT2D eigenvalue weighted by Gasteiger charge is -2.12. The molecular weight excluding hydrogens is 408 g/mol. The van der Waals surface area contributed by atoms with Gasteiger partial charge in [-0.3, -0.25) is 24.1 Å². The summed E-state index contributed by atoms with van der Waals surface area (Å²) in [7, 11) is 0. The molecule has 0 saturated carbocycles. The van der Waals surface area contributed by atoms with Gasteiger partial charge < -0.3 is 5.32 Å². The summed E-state index contributed by atoms with van der Waals surface area (Å²) in [5.74, 6) is -0.693. The van der Waals surface area contributed by atoms with E-state index in [1.54, 1.807) is 61.1 Å². The number of aryl methyl sites for hydroxylation is 1. The van der Waals surface area contributed by atoms with Crippen LogP contribution in [0.5, 0.6) is 0 Å². The maximum atomic E-state index is 13.1. The second kappa shape index (κ2) is 9.17. The predicted molar refractivity (Wildman–Crippen MR) is 118 cm³/mol. The fraction of sp³-hybridized carbons (Fsp3) is 0.130. The van der Waals surface area contributed by atoms with Gasteiger partial charge in [0, 0.05) is 18.6 Å². The highest BCUT2D eigenvalue weighted by atomic mass is 16.2. The molecule has 0 atom stereocenters. The molecule has 0 radical (unpaired) electrons. The third kappa shape index (κ3) is 4.51. The summed E-state index contributed by atoms with van der Waals surface area (Å²) < 4.78 is 2.05. The maximum Gasteiger partial charge on any atom is 0.352 e. The molecular formula is C23H20N6O3. The Balaban J connectivity index is 1.77. The fourth-order valence-electron chi connectivity index (χ4n) is 3.08. The Morgan fingerprint density at radius 3 is 2.50 bits per heavy atom. The number of hydrogen-bond acceptors (Lipinski definition) is 6. The van der Waals surface area contributed by atoms with Gasteiger partial charge in [0.1, 0.15) is 0 Å². The van der Waals surface area contributed by atoms with Gasteiger partial charge in [0.05, 0.1) is 24.5 Å². The van der Waals surface area contributed by atoms with Crippen LogP contribution in [-0.2, 0) is 13.1 Å². The van der Waals surface area contributed by atoms with Gasteiger partial charge in [-0.2, -0.15) is 9.78 Å². The molecule has 0 bridgehead atoms. The Morgan fingerprint density at radius 2 is 1.81 bits per heavy atom. The van der Waals surface area contributed by atoms with Crippen molar-refractivity contribution in [3.05, 3.63) is 117 Å². The number of hydrogen-bond donors (Lipinski definition) is 1. The number of pyridine rings is 2. The van der Waals surface area contributed by atoms with Crippen molar-refractivity contribution in [2.24, 2.45) is 0 Å². The second-order valence-corrected chi connectivity index (χ2v) is 7.13. The highest BCUT2D eigenvalue weighted by molar-refractivity contribution is 5.91. The average Bonchev–Trinajstić information content (AvgIpc) is 2.82. The Kier molecular flexibility index (Phi) is 5.98. The average molecular weight is 428 g/mol. The van der Waals surface area contributed by atoms with Gasteiger partial charge in [-0.05, 0) is 42.8 Å². The van der Waals surface area contributed by atoms with Crippen molar-refractivity contribution in [2.45, 2.75) is 20.0 Å². The molecule has 0 fully saturated rings. The molecule has 0 unspecified atom stereocenters. The quantitative estimate of drug-likeness (QED) is 0.498. The van der Waals surface area contributed by atoms with Crippen molar-refractivity contribution in [3.8, 4) is 5.69 Å². The normalized spacial score (nSPS) is 10.7. The van der Waals surface area contributed by atoms with Crippen LogP contribution in [0, 0.1) is 6.92 Å². The van der Waals surface area contributed by atoms with Crippen molar-refractivity contribution >= 4 is 5.91 Å². The molecule has 32 heavy (non-hydrogen) atoms. The van der Waals surface area contributed by atoms with Gasteiger partial charge in [-0.15, -0.1) is 0 Å². The van der Waals surface area contributed by atoms with Gasteiger partial charge in [-0.25, -0.2) is 4.79 Å². The van der Waals surface area contributed by atoms with Crippen LogP contribution in [0.3, 0.4) is 0 Å². The molecule has 0 aliphatic carbocycles. The van der Waals surface area contributed by atoms with Crippen LogP contribution in [-0.4, -0.2) is 30.2 Å². The number of amides is 1. The van der Waals surface area contributed by atoms with E-state index in [0.717, 1.165) is 14.8 Å². The minimum atomic E-state index is -0.777. The SMILES string of the molecule is Cc1ccc(-n2nc(C(=O)NCc3ccccn3)c(=O)n(Cc3cccnc3)c2=O)cc1. The van der Waals surface area contributed by atoms with E-state index in [1.807, 2.05) is 19.1 Å². The molecule has 3 aromatic heterocycles. The van der Waals surface area contributed by atoms with E-state index >= 15 is 0 Å². The minimum absolute atomic E-state index is 0.0413.